The zero-order chi connectivity index (χ0) is 15.1. The number of nitriles is 1. The quantitative estimate of drug-likeness (QED) is 0.864. The van der Waals surface area contributed by atoms with E-state index in [0.29, 0.717) is 17.2 Å². The van der Waals surface area contributed by atoms with Crippen LogP contribution in [-0.2, 0) is 4.79 Å². The lowest BCUT2D eigenvalue weighted by molar-refractivity contribution is -0.123. The smallest absolute Gasteiger partial charge is 0.277 e. The normalized spacial score (nSPS) is 19.8. The molecule has 0 aromatic heterocycles. The van der Waals surface area contributed by atoms with E-state index in [0.717, 1.165) is 25.0 Å². The Hall–Kier alpha value is -2.35. The summed E-state index contributed by atoms with van der Waals surface area (Å²) in [7, 11) is 0. The molecule has 1 saturated carbocycles. The van der Waals surface area contributed by atoms with Crippen LogP contribution < -0.4 is 10.2 Å². The Kier molecular flexibility index (Phi) is 5.33. The van der Waals surface area contributed by atoms with Gasteiger partial charge in [0.2, 0.25) is 0 Å². The fourth-order valence-electron chi connectivity index (χ4n) is 2.36. The Bertz CT molecular complexity index is 575. The average molecular weight is 285 g/mol. The van der Waals surface area contributed by atoms with E-state index in [4.69, 9.17) is 10.00 Å². The molecule has 1 amide bonds. The molecule has 0 spiro atoms. The van der Waals surface area contributed by atoms with Crippen molar-refractivity contribution in [3.05, 3.63) is 29.8 Å². The van der Waals surface area contributed by atoms with Gasteiger partial charge in [-0.05, 0) is 43.7 Å². The van der Waals surface area contributed by atoms with Crippen molar-refractivity contribution < 1.29 is 9.53 Å². The Balaban J connectivity index is 1.82. The summed E-state index contributed by atoms with van der Waals surface area (Å²) in [5, 5.41) is 13.1. The number of amides is 1. The van der Waals surface area contributed by atoms with E-state index >= 15 is 0 Å². The van der Waals surface area contributed by atoms with Gasteiger partial charge in [-0.25, -0.2) is 5.43 Å². The van der Waals surface area contributed by atoms with Gasteiger partial charge in [0.1, 0.15) is 11.8 Å². The van der Waals surface area contributed by atoms with Gasteiger partial charge in [0.15, 0.2) is 6.61 Å². The van der Waals surface area contributed by atoms with Crippen molar-refractivity contribution in [3.8, 4) is 11.8 Å². The molecule has 21 heavy (non-hydrogen) atoms. The predicted octanol–water partition coefficient (Wildman–Crippen LogP) is 2.62. The first-order valence-electron chi connectivity index (χ1n) is 7.15. The molecule has 2 rings (SSSR count). The Morgan fingerprint density at radius 2 is 2.33 bits per heavy atom. The lowest BCUT2D eigenvalue weighted by Gasteiger charge is -2.18. The molecular weight excluding hydrogens is 266 g/mol. The number of para-hydroxylation sites is 1. The van der Waals surface area contributed by atoms with Crippen LogP contribution in [0.25, 0.3) is 0 Å². The molecule has 0 unspecified atom stereocenters. The molecule has 1 aliphatic rings. The van der Waals surface area contributed by atoms with Gasteiger partial charge in [0.25, 0.3) is 5.91 Å². The predicted molar refractivity (Wildman–Crippen MR) is 79.9 cm³/mol. The average Bonchev–Trinajstić information content (AvgIpc) is 2.51. The second kappa shape index (κ2) is 7.44. The molecule has 5 nitrogen and oxygen atoms in total. The van der Waals surface area contributed by atoms with Gasteiger partial charge in [0, 0.05) is 5.71 Å². The third-order valence-electron chi connectivity index (χ3n) is 3.45. The maximum atomic E-state index is 11.7. The molecule has 1 N–H and O–H groups in total. The first-order chi connectivity index (χ1) is 10.2. The topological polar surface area (TPSA) is 74.5 Å². The zero-order valence-electron chi connectivity index (χ0n) is 12.1. The van der Waals surface area contributed by atoms with Crippen LogP contribution in [0.4, 0.5) is 0 Å². The van der Waals surface area contributed by atoms with Gasteiger partial charge in [-0.15, -0.1) is 0 Å². The molecule has 0 saturated heterocycles. The second-order valence-corrected chi connectivity index (χ2v) is 5.31. The second-order valence-electron chi connectivity index (χ2n) is 5.31. The molecule has 1 aromatic carbocycles. The fraction of sp³-hybridized carbons (Fsp3) is 0.438. The summed E-state index contributed by atoms with van der Waals surface area (Å²) in [6.07, 6.45) is 4.24. The Morgan fingerprint density at radius 3 is 3.10 bits per heavy atom. The van der Waals surface area contributed by atoms with E-state index in [1.807, 2.05) is 6.07 Å². The van der Waals surface area contributed by atoms with E-state index in [9.17, 15) is 4.79 Å². The Labute approximate surface area is 124 Å². The summed E-state index contributed by atoms with van der Waals surface area (Å²) in [4.78, 5) is 11.7. The van der Waals surface area contributed by atoms with Crippen LogP contribution in [0.2, 0.25) is 0 Å². The summed E-state index contributed by atoms with van der Waals surface area (Å²) in [6.45, 7) is 2.05. The number of carbonyl (C=O) groups is 1. The highest BCUT2D eigenvalue weighted by Gasteiger charge is 2.14. The SMILES string of the molecule is C[C@H]1CCC/C(=N/NC(=O)COc2ccccc2C#N)C1. The lowest BCUT2D eigenvalue weighted by atomic mass is 9.89. The summed E-state index contributed by atoms with van der Waals surface area (Å²) in [6, 6.07) is 8.85. The highest BCUT2D eigenvalue weighted by Crippen LogP contribution is 2.21. The third-order valence-corrected chi connectivity index (χ3v) is 3.45. The van der Waals surface area contributed by atoms with Crippen molar-refractivity contribution in [1.29, 1.82) is 5.26 Å². The zero-order valence-corrected chi connectivity index (χ0v) is 12.1. The first-order valence-corrected chi connectivity index (χ1v) is 7.15. The minimum absolute atomic E-state index is 0.148. The molecule has 110 valence electrons. The van der Waals surface area contributed by atoms with E-state index in [-0.39, 0.29) is 12.5 Å². The number of carbonyl (C=O) groups excluding carboxylic acids is 1. The van der Waals surface area contributed by atoms with Crippen molar-refractivity contribution in [2.45, 2.75) is 32.6 Å². The van der Waals surface area contributed by atoms with Gasteiger partial charge in [-0.1, -0.05) is 19.1 Å². The van der Waals surface area contributed by atoms with Crippen molar-refractivity contribution in [2.75, 3.05) is 6.61 Å². The van der Waals surface area contributed by atoms with E-state index < -0.39 is 0 Å². The number of hydrazone groups is 1. The number of hydrogen-bond donors (Lipinski definition) is 1. The van der Waals surface area contributed by atoms with Gasteiger partial charge >= 0.3 is 0 Å². The monoisotopic (exact) mass is 285 g/mol. The maximum Gasteiger partial charge on any atom is 0.277 e. The lowest BCUT2D eigenvalue weighted by Crippen LogP contribution is -2.27. The van der Waals surface area contributed by atoms with Crippen LogP contribution in [0.15, 0.2) is 29.4 Å². The van der Waals surface area contributed by atoms with Crippen LogP contribution in [0.5, 0.6) is 5.75 Å². The summed E-state index contributed by atoms with van der Waals surface area (Å²) in [5.74, 6) is 0.732. The summed E-state index contributed by atoms with van der Waals surface area (Å²) < 4.78 is 5.35. The number of hydrogen-bond acceptors (Lipinski definition) is 4. The van der Waals surface area contributed by atoms with Crippen LogP contribution in [0.3, 0.4) is 0 Å². The molecule has 1 aromatic rings. The summed E-state index contributed by atoms with van der Waals surface area (Å²) >= 11 is 0. The highest BCUT2D eigenvalue weighted by molar-refractivity contribution is 5.87. The van der Waals surface area contributed by atoms with Crippen molar-refractivity contribution >= 4 is 11.6 Å². The molecule has 0 aliphatic heterocycles. The molecule has 0 heterocycles. The molecule has 0 bridgehead atoms. The first kappa shape index (κ1) is 15.0. The van der Waals surface area contributed by atoms with Gasteiger partial charge in [-0.3, -0.25) is 4.79 Å². The largest absolute Gasteiger partial charge is 0.482 e. The molecule has 1 fully saturated rings. The Morgan fingerprint density at radius 1 is 1.52 bits per heavy atom. The number of rotatable bonds is 4. The van der Waals surface area contributed by atoms with E-state index in [1.165, 1.54) is 6.42 Å². The van der Waals surface area contributed by atoms with Crippen molar-refractivity contribution in [2.24, 2.45) is 11.0 Å². The van der Waals surface area contributed by atoms with Gasteiger partial charge in [0.05, 0.1) is 5.56 Å². The minimum atomic E-state index is -0.312. The maximum absolute atomic E-state index is 11.7. The molecule has 1 atom stereocenters. The minimum Gasteiger partial charge on any atom is -0.482 e. The number of ether oxygens (including phenoxy) is 1. The molecule has 5 heteroatoms. The molecular formula is C16H19N3O2. The van der Waals surface area contributed by atoms with Crippen molar-refractivity contribution in [1.82, 2.24) is 5.43 Å². The van der Waals surface area contributed by atoms with Crippen molar-refractivity contribution in [3.63, 3.8) is 0 Å². The molecule has 0 radical (unpaired) electrons. The fourth-order valence-corrected chi connectivity index (χ4v) is 2.36. The highest BCUT2D eigenvalue weighted by atomic mass is 16.5. The summed E-state index contributed by atoms with van der Waals surface area (Å²) in [5.41, 5.74) is 3.98. The van der Waals surface area contributed by atoms with Crippen LogP contribution in [0, 0.1) is 17.2 Å². The van der Waals surface area contributed by atoms with Gasteiger partial charge < -0.3 is 4.74 Å². The van der Waals surface area contributed by atoms with Crippen LogP contribution in [-0.4, -0.2) is 18.2 Å². The number of nitrogens with zero attached hydrogens (tertiary/aromatic N) is 2. The number of nitrogens with one attached hydrogen (secondary N) is 1. The van der Waals surface area contributed by atoms with Crippen LogP contribution >= 0.6 is 0 Å². The van der Waals surface area contributed by atoms with Gasteiger partial charge in [-0.2, -0.15) is 10.4 Å². The molecule has 1 aliphatic carbocycles. The standard InChI is InChI=1S/C16H19N3O2/c1-12-5-4-7-14(9-12)18-19-16(20)11-21-15-8-3-2-6-13(15)10-17/h2-3,6,8,12H,4-5,7,9,11H2,1H3,(H,19,20)/b18-14-/t12-/m0/s1. The van der Waals surface area contributed by atoms with Crippen LogP contribution in [0.1, 0.15) is 38.2 Å². The third kappa shape index (κ3) is 4.60. The van der Waals surface area contributed by atoms with E-state index in [1.54, 1.807) is 24.3 Å². The van der Waals surface area contributed by atoms with E-state index in [2.05, 4.69) is 17.5 Å². The number of benzene rings is 1.